The lowest BCUT2D eigenvalue weighted by Gasteiger charge is -2.35. The van der Waals surface area contributed by atoms with Crippen molar-refractivity contribution >= 4 is 40.7 Å². The first kappa shape index (κ1) is 18.2. The van der Waals surface area contributed by atoms with Gasteiger partial charge in [0.05, 0.1) is 0 Å². The maximum Gasteiger partial charge on any atom is 0.106 e. The Kier molecular flexibility index (Phi) is 7.77. The summed E-state index contributed by atoms with van der Waals surface area (Å²) in [5, 5.41) is 3.43. The molecule has 0 bridgehead atoms. The molecular weight excluding hydrogens is 361 g/mol. The number of halogens is 3. The molecule has 0 spiro atoms. The van der Waals surface area contributed by atoms with E-state index in [-0.39, 0.29) is 24.8 Å². The van der Waals surface area contributed by atoms with Gasteiger partial charge in [-0.25, -0.2) is 4.98 Å². The zero-order valence-corrected chi connectivity index (χ0v) is 14.6. The summed E-state index contributed by atoms with van der Waals surface area (Å²) in [7, 11) is 0. The van der Waals surface area contributed by atoms with Crippen LogP contribution >= 0.6 is 40.7 Å². The van der Waals surface area contributed by atoms with Crippen molar-refractivity contribution in [3.8, 4) is 0 Å². The molecule has 0 radical (unpaired) electrons. The molecule has 6 heteroatoms. The molecule has 3 nitrogen and oxygen atoms in total. The van der Waals surface area contributed by atoms with Crippen LogP contribution in [-0.2, 0) is 0 Å². The summed E-state index contributed by atoms with van der Waals surface area (Å²) in [6, 6.07) is 4.86. The van der Waals surface area contributed by atoms with Crippen molar-refractivity contribution < 1.29 is 0 Å². The first-order valence-electron chi connectivity index (χ1n) is 6.89. The fourth-order valence-electron chi connectivity index (χ4n) is 2.74. The third-order valence-electron chi connectivity index (χ3n) is 3.98. The quantitative estimate of drug-likeness (QED) is 0.808. The van der Waals surface area contributed by atoms with Crippen molar-refractivity contribution in [3.05, 3.63) is 28.5 Å². The normalized spacial score (nSPS) is 20.6. The van der Waals surface area contributed by atoms with Crippen molar-refractivity contribution in [2.75, 3.05) is 26.2 Å². The molecule has 0 aromatic carbocycles. The highest BCUT2D eigenvalue weighted by atomic mass is 79.9. The van der Waals surface area contributed by atoms with Crippen LogP contribution in [0.1, 0.15) is 30.9 Å². The molecule has 20 heavy (non-hydrogen) atoms. The highest BCUT2D eigenvalue weighted by Crippen LogP contribution is 2.40. The second kappa shape index (κ2) is 8.54. The summed E-state index contributed by atoms with van der Waals surface area (Å²) < 4.78 is 0.928. The number of hydrogen-bond donors (Lipinski definition) is 1. The zero-order chi connectivity index (χ0) is 12.4. The maximum absolute atomic E-state index is 4.40. The molecule has 1 aromatic rings. The van der Waals surface area contributed by atoms with Crippen LogP contribution in [0.3, 0.4) is 0 Å². The van der Waals surface area contributed by atoms with Crippen LogP contribution < -0.4 is 5.32 Å². The van der Waals surface area contributed by atoms with Gasteiger partial charge in [0.1, 0.15) is 4.60 Å². The lowest BCUT2D eigenvalue weighted by molar-refractivity contribution is 0.160. The Bertz CT molecular complexity index is 392. The van der Waals surface area contributed by atoms with Gasteiger partial charge >= 0.3 is 0 Å². The molecule has 1 aromatic heterocycles. The van der Waals surface area contributed by atoms with E-state index >= 15 is 0 Å². The largest absolute Gasteiger partial charge is 0.314 e. The Balaban J connectivity index is 0.000001000. The van der Waals surface area contributed by atoms with Crippen LogP contribution in [0.4, 0.5) is 0 Å². The number of nitrogens with one attached hydrogen (secondary N) is 1. The molecule has 0 amide bonds. The second-order valence-electron chi connectivity index (χ2n) is 5.40. The van der Waals surface area contributed by atoms with Gasteiger partial charge in [-0.15, -0.1) is 24.8 Å². The number of rotatable bonds is 4. The van der Waals surface area contributed by atoms with Crippen LogP contribution in [-0.4, -0.2) is 36.1 Å². The average molecular weight is 383 g/mol. The molecular formula is C14H22BrCl2N3. The Morgan fingerprint density at radius 3 is 2.50 bits per heavy atom. The topological polar surface area (TPSA) is 28.2 Å². The standard InChI is InChI=1S/C14H20BrN3.2ClH/c15-14-4-3-12(10-17-14)13(9-11-1-2-11)18-7-5-16-6-8-18;;/h3-4,10-11,13,16H,1-2,5-9H2;2*1H/t13-;;/m0../s1. The number of pyridine rings is 1. The first-order valence-corrected chi connectivity index (χ1v) is 7.68. The second-order valence-corrected chi connectivity index (χ2v) is 6.21. The summed E-state index contributed by atoms with van der Waals surface area (Å²) in [5.41, 5.74) is 1.38. The summed E-state index contributed by atoms with van der Waals surface area (Å²) in [4.78, 5) is 7.02. The van der Waals surface area contributed by atoms with Gasteiger partial charge in [0.15, 0.2) is 0 Å². The van der Waals surface area contributed by atoms with Crippen LogP contribution in [0.2, 0.25) is 0 Å². The fraction of sp³-hybridized carbons (Fsp3) is 0.643. The third kappa shape index (κ3) is 4.85. The Hall–Kier alpha value is 0.130. The van der Waals surface area contributed by atoms with Gasteiger partial charge in [-0.05, 0) is 39.9 Å². The van der Waals surface area contributed by atoms with Crippen molar-refractivity contribution in [1.82, 2.24) is 15.2 Å². The minimum atomic E-state index is 0. The molecule has 1 N–H and O–H groups in total. The number of piperazine rings is 1. The molecule has 1 aliphatic heterocycles. The maximum atomic E-state index is 4.40. The van der Waals surface area contributed by atoms with Gasteiger partial charge in [-0.2, -0.15) is 0 Å². The van der Waals surface area contributed by atoms with Gasteiger partial charge in [0.2, 0.25) is 0 Å². The van der Waals surface area contributed by atoms with E-state index in [4.69, 9.17) is 0 Å². The minimum Gasteiger partial charge on any atom is -0.314 e. The third-order valence-corrected chi connectivity index (χ3v) is 4.45. The van der Waals surface area contributed by atoms with E-state index in [1.54, 1.807) is 0 Å². The molecule has 1 aliphatic carbocycles. The van der Waals surface area contributed by atoms with Gasteiger partial charge < -0.3 is 5.32 Å². The Labute approximate surface area is 141 Å². The summed E-state index contributed by atoms with van der Waals surface area (Å²) >= 11 is 3.42. The highest BCUT2D eigenvalue weighted by Gasteiger charge is 2.30. The van der Waals surface area contributed by atoms with Crippen molar-refractivity contribution in [1.29, 1.82) is 0 Å². The molecule has 2 aliphatic rings. The smallest absolute Gasteiger partial charge is 0.106 e. The SMILES string of the molecule is Brc1ccc([C@H](CC2CC2)N2CCNCC2)cn1.Cl.Cl. The number of aromatic nitrogens is 1. The van der Waals surface area contributed by atoms with Gasteiger partial charge in [0, 0.05) is 38.4 Å². The van der Waals surface area contributed by atoms with E-state index in [9.17, 15) is 0 Å². The van der Waals surface area contributed by atoms with E-state index in [0.29, 0.717) is 6.04 Å². The predicted molar refractivity (Wildman–Crippen MR) is 91.0 cm³/mol. The van der Waals surface area contributed by atoms with E-state index in [1.165, 1.54) is 24.8 Å². The molecule has 2 fully saturated rings. The van der Waals surface area contributed by atoms with Crippen LogP contribution in [0.5, 0.6) is 0 Å². The summed E-state index contributed by atoms with van der Waals surface area (Å²) in [5.74, 6) is 0.952. The lowest BCUT2D eigenvalue weighted by Crippen LogP contribution is -2.45. The number of nitrogens with zero attached hydrogens (tertiary/aromatic N) is 2. The fourth-order valence-corrected chi connectivity index (χ4v) is 2.98. The van der Waals surface area contributed by atoms with Gasteiger partial charge in [0.25, 0.3) is 0 Å². The first-order chi connectivity index (χ1) is 8.83. The predicted octanol–water partition coefficient (Wildman–Crippen LogP) is 3.43. The van der Waals surface area contributed by atoms with Crippen LogP contribution in [0.15, 0.2) is 22.9 Å². The van der Waals surface area contributed by atoms with Crippen molar-refractivity contribution in [3.63, 3.8) is 0 Å². The molecule has 114 valence electrons. The number of hydrogen-bond acceptors (Lipinski definition) is 3. The van der Waals surface area contributed by atoms with Crippen LogP contribution in [0, 0.1) is 5.92 Å². The minimum absolute atomic E-state index is 0. The lowest BCUT2D eigenvalue weighted by atomic mass is 10.0. The van der Waals surface area contributed by atoms with E-state index in [1.807, 2.05) is 6.20 Å². The molecule has 2 heterocycles. The van der Waals surface area contributed by atoms with Crippen LogP contribution in [0.25, 0.3) is 0 Å². The monoisotopic (exact) mass is 381 g/mol. The van der Waals surface area contributed by atoms with Crippen molar-refractivity contribution in [2.45, 2.75) is 25.3 Å². The highest BCUT2D eigenvalue weighted by molar-refractivity contribution is 9.10. The molecule has 1 saturated carbocycles. The molecule has 1 saturated heterocycles. The average Bonchev–Trinajstić information content (AvgIpc) is 3.22. The van der Waals surface area contributed by atoms with E-state index in [0.717, 1.165) is 36.7 Å². The molecule has 3 rings (SSSR count). The van der Waals surface area contributed by atoms with Crippen molar-refractivity contribution in [2.24, 2.45) is 5.92 Å². The summed E-state index contributed by atoms with van der Waals surface area (Å²) in [6.07, 6.45) is 6.20. The van der Waals surface area contributed by atoms with E-state index in [2.05, 4.69) is 43.3 Å². The Morgan fingerprint density at radius 2 is 1.95 bits per heavy atom. The van der Waals surface area contributed by atoms with E-state index < -0.39 is 0 Å². The Morgan fingerprint density at radius 1 is 1.25 bits per heavy atom. The summed E-state index contributed by atoms with van der Waals surface area (Å²) in [6.45, 7) is 4.55. The molecule has 1 atom stereocenters. The van der Waals surface area contributed by atoms with Gasteiger partial charge in [-0.1, -0.05) is 18.9 Å². The zero-order valence-electron chi connectivity index (χ0n) is 11.4. The van der Waals surface area contributed by atoms with Gasteiger partial charge in [-0.3, -0.25) is 4.90 Å². The molecule has 0 unspecified atom stereocenters.